The molecule has 1 unspecified atom stereocenters. The van der Waals surface area contributed by atoms with E-state index in [1.54, 1.807) is 11.0 Å². The molecule has 1 aromatic rings. The maximum Gasteiger partial charge on any atom is 0.254 e. The first kappa shape index (κ1) is 19.0. The number of carbonyl (C=O) groups is 4. The molecule has 1 aromatic carbocycles. The zero-order valence-corrected chi connectivity index (χ0v) is 15.0. The molecule has 2 aliphatic heterocycles. The molecule has 8 nitrogen and oxygen atoms in total. The van der Waals surface area contributed by atoms with Crippen LogP contribution < -0.4 is 10.6 Å². The van der Waals surface area contributed by atoms with E-state index in [1.165, 1.54) is 12.1 Å². The maximum atomic E-state index is 14.8. The zero-order valence-electron chi connectivity index (χ0n) is 15.0. The topological polar surface area (TPSA) is 98.8 Å². The van der Waals surface area contributed by atoms with Crippen LogP contribution in [0, 0.1) is 5.82 Å². The highest BCUT2D eigenvalue weighted by molar-refractivity contribution is 6.03. The largest absolute Gasteiger partial charge is 0.340 e. The Morgan fingerprint density at radius 1 is 1.30 bits per heavy atom. The van der Waals surface area contributed by atoms with Crippen LogP contribution in [0.1, 0.15) is 28.8 Å². The SMILES string of the molecule is CN1CCN(Cc2cccc(C(=O)NC3CCC(=O)NC3=O)c2F)C(=O)C1. The van der Waals surface area contributed by atoms with Crippen molar-refractivity contribution in [2.45, 2.75) is 25.4 Å². The van der Waals surface area contributed by atoms with Crippen molar-refractivity contribution in [2.24, 2.45) is 0 Å². The van der Waals surface area contributed by atoms with E-state index in [4.69, 9.17) is 0 Å². The van der Waals surface area contributed by atoms with Gasteiger partial charge in [-0.2, -0.15) is 0 Å². The van der Waals surface area contributed by atoms with Gasteiger partial charge in [0.05, 0.1) is 12.1 Å². The molecule has 0 spiro atoms. The van der Waals surface area contributed by atoms with Crippen LogP contribution in [0.15, 0.2) is 18.2 Å². The summed E-state index contributed by atoms with van der Waals surface area (Å²) in [5.74, 6) is -2.53. The Bertz CT molecular complexity index is 798. The fourth-order valence-corrected chi connectivity index (χ4v) is 3.14. The Kier molecular flexibility index (Phi) is 5.50. The number of nitrogens with zero attached hydrogens (tertiary/aromatic N) is 2. The van der Waals surface area contributed by atoms with E-state index in [0.717, 1.165) is 0 Å². The predicted octanol–water partition coefficient (Wildman–Crippen LogP) is -0.365. The lowest BCUT2D eigenvalue weighted by Gasteiger charge is -2.32. The summed E-state index contributed by atoms with van der Waals surface area (Å²) in [7, 11) is 1.84. The lowest BCUT2D eigenvalue weighted by molar-refractivity contribution is -0.136. The summed E-state index contributed by atoms with van der Waals surface area (Å²) >= 11 is 0. The van der Waals surface area contributed by atoms with Gasteiger partial charge >= 0.3 is 0 Å². The second-order valence-corrected chi connectivity index (χ2v) is 6.81. The molecule has 0 bridgehead atoms. The third kappa shape index (κ3) is 4.30. The highest BCUT2D eigenvalue weighted by Gasteiger charge is 2.29. The van der Waals surface area contributed by atoms with Crippen LogP contribution >= 0.6 is 0 Å². The van der Waals surface area contributed by atoms with Gasteiger partial charge in [0, 0.05) is 31.6 Å². The van der Waals surface area contributed by atoms with Gasteiger partial charge in [-0.1, -0.05) is 12.1 Å². The number of benzene rings is 1. The number of rotatable bonds is 4. The Labute approximate surface area is 155 Å². The summed E-state index contributed by atoms with van der Waals surface area (Å²) in [5.41, 5.74) is 0.0441. The van der Waals surface area contributed by atoms with E-state index in [0.29, 0.717) is 13.1 Å². The number of amides is 4. The number of nitrogens with one attached hydrogen (secondary N) is 2. The Balaban J connectivity index is 1.70. The molecule has 2 aliphatic rings. The van der Waals surface area contributed by atoms with Crippen molar-refractivity contribution in [3.63, 3.8) is 0 Å². The molecule has 0 radical (unpaired) electrons. The minimum Gasteiger partial charge on any atom is -0.340 e. The molecule has 3 rings (SSSR count). The minimum absolute atomic E-state index is 0.0814. The minimum atomic E-state index is -0.877. The van der Waals surface area contributed by atoms with Gasteiger partial charge in [0.2, 0.25) is 17.7 Å². The van der Waals surface area contributed by atoms with Gasteiger partial charge in [-0.3, -0.25) is 29.4 Å². The van der Waals surface area contributed by atoms with Crippen molar-refractivity contribution < 1.29 is 23.6 Å². The molecular formula is C18H21FN4O4. The standard InChI is InChI=1S/C18H21FN4O4/c1-22-7-8-23(15(25)10-22)9-11-3-2-4-12(16(11)19)17(26)20-13-5-6-14(24)21-18(13)27/h2-4,13H,5-10H2,1H3,(H,20,26)(H,21,24,27). The van der Waals surface area contributed by atoms with Crippen LogP contribution in [-0.4, -0.2) is 66.2 Å². The number of hydrogen-bond acceptors (Lipinski definition) is 5. The zero-order chi connectivity index (χ0) is 19.6. The van der Waals surface area contributed by atoms with Crippen LogP contribution in [0.3, 0.4) is 0 Å². The van der Waals surface area contributed by atoms with Gasteiger partial charge in [0.25, 0.3) is 5.91 Å². The highest BCUT2D eigenvalue weighted by atomic mass is 19.1. The van der Waals surface area contributed by atoms with Gasteiger partial charge in [-0.25, -0.2) is 4.39 Å². The lowest BCUT2D eigenvalue weighted by Crippen LogP contribution is -2.52. The molecule has 2 N–H and O–H groups in total. The molecule has 2 saturated heterocycles. The Hall–Kier alpha value is -2.81. The Morgan fingerprint density at radius 2 is 2.07 bits per heavy atom. The van der Waals surface area contributed by atoms with Crippen molar-refractivity contribution >= 4 is 23.6 Å². The van der Waals surface area contributed by atoms with Gasteiger partial charge < -0.3 is 10.2 Å². The summed E-state index contributed by atoms with van der Waals surface area (Å²) in [6.45, 7) is 1.54. The normalized spacial score (nSPS) is 21.2. The van der Waals surface area contributed by atoms with Gasteiger partial charge in [0.15, 0.2) is 0 Å². The quantitative estimate of drug-likeness (QED) is 0.699. The van der Waals surface area contributed by atoms with E-state index in [1.807, 2.05) is 11.9 Å². The number of likely N-dealkylation sites (N-methyl/N-ethyl adjacent to an activating group) is 1. The average Bonchev–Trinajstić information content (AvgIpc) is 2.61. The second kappa shape index (κ2) is 7.83. The fourth-order valence-electron chi connectivity index (χ4n) is 3.14. The number of piperidine rings is 1. The van der Waals surface area contributed by atoms with Crippen molar-refractivity contribution in [1.29, 1.82) is 0 Å². The summed E-state index contributed by atoms with van der Waals surface area (Å²) in [6.07, 6.45) is 0.290. The first-order valence-corrected chi connectivity index (χ1v) is 8.73. The number of piperazine rings is 1. The van der Waals surface area contributed by atoms with Crippen LogP contribution in [0.5, 0.6) is 0 Å². The first-order valence-electron chi connectivity index (χ1n) is 8.73. The van der Waals surface area contributed by atoms with Gasteiger partial charge in [-0.15, -0.1) is 0 Å². The molecule has 27 heavy (non-hydrogen) atoms. The van der Waals surface area contributed by atoms with Crippen LogP contribution in [0.4, 0.5) is 4.39 Å². The molecule has 2 heterocycles. The Morgan fingerprint density at radius 3 is 2.78 bits per heavy atom. The number of imide groups is 1. The van der Waals surface area contributed by atoms with Crippen molar-refractivity contribution in [2.75, 3.05) is 26.7 Å². The predicted molar refractivity (Wildman–Crippen MR) is 93.0 cm³/mol. The summed E-state index contributed by atoms with van der Waals surface area (Å²) in [5, 5.41) is 4.60. The third-order valence-electron chi connectivity index (χ3n) is 4.74. The first-order chi connectivity index (χ1) is 12.8. The molecule has 0 aliphatic carbocycles. The maximum absolute atomic E-state index is 14.8. The molecule has 0 aromatic heterocycles. The van der Waals surface area contributed by atoms with E-state index in [-0.39, 0.29) is 43.0 Å². The van der Waals surface area contributed by atoms with Crippen LogP contribution in [0.25, 0.3) is 0 Å². The molecule has 0 saturated carbocycles. The third-order valence-corrected chi connectivity index (χ3v) is 4.74. The van der Waals surface area contributed by atoms with E-state index >= 15 is 0 Å². The van der Waals surface area contributed by atoms with Crippen molar-refractivity contribution in [3.05, 3.63) is 35.1 Å². The lowest BCUT2D eigenvalue weighted by atomic mass is 10.0. The smallest absolute Gasteiger partial charge is 0.254 e. The number of carbonyl (C=O) groups excluding carboxylic acids is 4. The van der Waals surface area contributed by atoms with E-state index < -0.39 is 29.6 Å². The summed E-state index contributed by atoms with van der Waals surface area (Å²) in [6, 6.07) is 3.52. The fraction of sp³-hybridized carbons (Fsp3) is 0.444. The average molecular weight is 376 g/mol. The van der Waals surface area contributed by atoms with Gasteiger partial charge in [-0.05, 0) is 19.5 Å². The number of halogens is 1. The molecule has 4 amide bonds. The second-order valence-electron chi connectivity index (χ2n) is 6.81. The molecule has 2 fully saturated rings. The van der Waals surface area contributed by atoms with E-state index in [9.17, 15) is 23.6 Å². The van der Waals surface area contributed by atoms with Crippen LogP contribution in [-0.2, 0) is 20.9 Å². The summed E-state index contributed by atoms with van der Waals surface area (Å²) in [4.78, 5) is 50.9. The van der Waals surface area contributed by atoms with Crippen LogP contribution in [0.2, 0.25) is 0 Å². The number of hydrogen-bond donors (Lipinski definition) is 2. The van der Waals surface area contributed by atoms with E-state index in [2.05, 4.69) is 10.6 Å². The highest BCUT2D eigenvalue weighted by Crippen LogP contribution is 2.17. The van der Waals surface area contributed by atoms with Crippen molar-refractivity contribution in [1.82, 2.24) is 20.4 Å². The van der Waals surface area contributed by atoms with Gasteiger partial charge in [0.1, 0.15) is 11.9 Å². The molecule has 144 valence electrons. The molecule has 9 heteroatoms. The van der Waals surface area contributed by atoms with Crippen molar-refractivity contribution in [3.8, 4) is 0 Å². The summed E-state index contributed by atoms with van der Waals surface area (Å²) < 4.78 is 14.8. The molecule has 1 atom stereocenters. The monoisotopic (exact) mass is 376 g/mol. The molecular weight excluding hydrogens is 355 g/mol.